The van der Waals surface area contributed by atoms with Gasteiger partial charge in [-0.1, -0.05) is 0 Å². The summed E-state index contributed by atoms with van der Waals surface area (Å²) in [6.45, 7) is 3.61. The van der Waals surface area contributed by atoms with Gasteiger partial charge in [0, 0.05) is 21.3 Å². The number of methoxy groups -OCH3 is 3. The van der Waals surface area contributed by atoms with Gasteiger partial charge in [0.25, 0.3) is 5.60 Å². The maximum absolute atomic E-state index is 5.02. The zero-order valence-corrected chi connectivity index (χ0v) is 8.13. The van der Waals surface area contributed by atoms with Gasteiger partial charge in [-0.15, -0.1) is 12.3 Å². The van der Waals surface area contributed by atoms with Crippen molar-refractivity contribution in [3.63, 3.8) is 0 Å². The Labute approximate surface area is 63.8 Å². The molecule has 0 radical (unpaired) electrons. The SMILES string of the molecule is C=C[SiH2]C(OC)(OC)OC. The molecule has 4 heteroatoms. The molecule has 0 aromatic carbocycles. The zero-order chi connectivity index (χ0) is 8.04. The topological polar surface area (TPSA) is 27.7 Å². The predicted molar refractivity (Wildman–Crippen MR) is 42.5 cm³/mol. The van der Waals surface area contributed by atoms with Gasteiger partial charge in [0.05, 0.1) is 0 Å². The summed E-state index contributed by atoms with van der Waals surface area (Å²) in [5.41, 5.74) is 1.01. The average Bonchev–Trinajstić information content (AvgIpc) is 2.01. The molecule has 60 valence electrons. The molecule has 0 atom stereocenters. The maximum atomic E-state index is 5.02. The van der Waals surface area contributed by atoms with Gasteiger partial charge in [-0.3, -0.25) is 0 Å². The third-order valence-corrected chi connectivity index (χ3v) is 2.98. The summed E-state index contributed by atoms with van der Waals surface area (Å²) in [5, 5.41) is 0. The Morgan fingerprint density at radius 2 is 1.60 bits per heavy atom. The van der Waals surface area contributed by atoms with Crippen LogP contribution in [0.2, 0.25) is 0 Å². The van der Waals surface area contributed by atoms with Gasteiger partial charge in [0.1, 0.15) is 0 Å². The zero-order valence-electron chi connectivity index (χ0n) is 6.72. The van der Waals surface area contributed by atoms with Crippen molar-refractivity contribution in [3.8, 4) is 0 Å². The second kappa shape index (κ2) is 4.62. The predicted octanol–water partition coefficient (Wildman–Crippen LogP) is -0.151. The lowest BCUT2D eigenvalue weighted by Gasteiger charge is -2.27. The highest BCUT2D eigenvalue weighted by Crippen LogP contribution is 2.09. The maximum Gasteiger partial charge on any atom is 0.252 e. The van der Waals surface area contributed by atoms with E-state index in [9.17, 15) is 0 Å². The molecule has 0 aliphatic heterocycles. The lowest BCUT2D eigenvalue weighted by molar-refractivity contribution is -0.294. The molecule has 0 N–H and O–H groups in total. The Morgan fingerprint density at radius 1 is 1.20 bits per heavy atom. The molecular weight excluding hydrogens is 148 g/mol. The van der Waals surface area contributed by atoms with E-state index in [0.717, 1.165) is 0 Å². The normalized spacial score (nSPS) is 12.7. The monoisotopic (exact) mass is 162 g/mol. The van der Waals surface area contributed by atoms with Crippen LogP contribution in [0.1, 0.15) is 0 Å². The van der Waals surface area contributed by atoms with Crippen molar-refractivity contribution >= 4 is 9.52 Å². The molecule has 0 aliphatic rings. The lowest BCUT2D eigenvalue weighted by atomic mass is 11.1. The standard InChI is InChI=1S/C6H14O3Si/c1-5-10-6(7-2,8-3)9-4/h5H,1,10H2,2-4H3. The molecule has 0 aliphatic carbocycles. The first-order chi connectivity index (χ1) is 4.74. The molecule has 0 amide bonds. The fourth-order valence-corrected chi connectivity index (χ4v) is 1.53. The van der Waals surface area contributed by atoms with Gasteiger partial charge in [0.15, 0.2) is 9.52 Å². The van der Waals surface area contributed by atoms with Crippen molar-refractivity contribution < 1.29 is 14.2 Å². The van der Waals surface area contributed by atoms with Crippen LogP contribution < -0.4 is 0 Å². The van der Waals surface area contributed by atoms with E-state index in [2.05, 4.69) is 6.58 Å². The van der Waals surface area contributed by atoms with Crippen molar-refractivity contribution in [1.82, 2.24) is 0 Å². The minimum Gasteiger partial charge on any atom is -0.335 e. The Hall–Kier alpha value is -0.163. The third-order valence-electron chi connectivity index (χ3n) is 1.33. The van der Waals surface area contributed by atoms with Crippen LogP contribution in [0.3, 0.4) is 0 Å². The van der Waals surface area contributed by atoms with Gasteiger partial charge in [-0.2, -0.15) is 0 Å². The van der Waals surface area contributed by atoms with Crippen molar-refractivity contribution in [2.75, 3.05) is 21.3 Å². The largest absolute Gasteiger partial charge is 0.335 e. The molecule has 3 nitrogen and oxygen atoms in total. The van der Waals surface area contributed by atoms with Crippen molar-refractivity contribution in [2.45, 2.75) is 5.60 Å². The molecular formula is C6H14O3Si. The molecule has 0 aromatic heterocycles. The fourth-order valence-electron chi connectivity index (χ4n) is 0.677. The van der Waals surface area contributed by atoms with E-state index in [4.69, 9.17) is 14.2 Å². The molecule has 0 bridgehead atoms. The van der Waals surface area contributed by atoms with Gasteiger partial charge in [-0.25, -0.2) is 0 Å². The van der Waals surface area contributed by atoms with Gasteiger partial charge >= 0.3 is 0 Å². The molecule has 0 unspecified atom stereocenters. The van der Waals surface area contributed by atoms with E-state index in [1.54, 1.807) is 21.3 Å². The van der Waals surface area contributed by atoms with Crippen LogP contribution in [0, 0.1) is 0 Å². The van der Waals surface area contributed by atoms with Crippen LogP contribution in [0.4, 0.5) is 0 Å². The van der Waals surface area contributed by atoms with E-state index in [1.165, 1.54) is 0 Å². The van der Waals surface area contributed by atoms with Crippen LogP contribution >= 0.6 is 0 Å². The lowest BCUT2D eigenvalue weighted by Crippen LogP contribution is -2.41. The van der Waals surface area contributed by atoms with Gasteiger partial charge < -0.3 is 14.2 Å². The first kappa shape index (κ1) is 9.84. The van der Waals surface area contributed by atoms with E-state index < -0.39 is 15.1 Å². The van der Waals surface area contributed by atoms with Crippen LogP contribution in [0.5, 0.6) is 0 Å². The summed E-state index contributed by atoms with van der Waals surface area (Å²) in [4.78, 5) is 0. The van der Waals surface area contributed by atoms with E-state index in [-0.39, 0.29) is 0 Å². The van der Waals surface area contributed by atoms with E-state index in [1.807, 2.05) is 5.70 Å². The molecule has 0 heterocycles. The number of hydrogen-bond donors (Lipinski definition) is 0. The Bertz CT molecular complexity index is 92.9. The second-order valence-corrected chi connectivity index (χ2v) is 3.64. The summed E-state index contributed by atoms with van der Waals surface area (Å²) >= 11 is 0. The van der Waals surface area contributed by atoms with Crippen molar-refractivity contribution in [1.29, 1.82) is 0 Å². The van der Waals surface area contributed by atoms with E-state index >= 15 is 0 Å². The van der Waals surface area contributed by atoms with Crippen LogP contribution in [0.15, 0.2) is 12.3 Å². The summed E-state index contributed by atoms with van der Waals surface area (Å²) in [7, 11) is 4.00. The highest BCUT2D eigenvalue weighted by atomic mass is 28.2. The summed E-state index contributed by atoms with van der Waals surface area (Å²) in [6.07, 6.45) is 0. The first-order valence-corrected chi connectivity index (χ1v) is 4.53. The number of rotatable bonds is 5. The smallest absolute Gasteiger partial charge is 0.252 e. The Kier molecular flexibility index (Phi) is 4.55. The Morgan fingerprint density at radius 3 is 1.70 bits per heavy atom. The van der Waals surface area contributed by atoms with Crippen molar-refractivity contribution in [3.05, 3.63) is 12.3 Å². The summed E-state index contributed by atoms with van der Waals surface area (Å²) in [5.74, 6) is 0. The molecule has 10 heavy (non-hydrogen) atoms. The minimum atomic E-state index is -0.804. The highest BCUT2D eigenvalue weighted by molar-refractivity contribution is 6.44. The quantitative estimate of drug-likeness (QED) is 0.415. The van der Waals surface area contributed by atoms with Crippen LogP contribution in [-0.4, -0.2) is 36.4 Å². The molecule has 0 saturated heterocycles. The van der Waals surface area contributed by atoms with Crippen molar-refractivity contribution in [2.24, 2.45) is 0 Å². The average molecular weight is 162 g/mol. The molecule has 0 fully saturated rings. The summed E-state index contributed by atoms with van der Waals surface area (Å²) in [6, 6.07) is 0. The first-order valence-electron chi connectivity index (χ1n) is 3.01. The van der Waals surface area contributed by atoms with Crippen LogP contribution in [-0.2, 0) is 14.2 Å². The number of ether oxygens (including phenoxy) is 3. The molecule has 0 aromatic rings. The molecule has 0 saturated carbocycles. The number of hydrogen-bond acceptors (Lipinski definition) is 3. The van der Waals surface area contributed by atoms with Gasteiger partial charge in [0.2, 0.25) is 0 Å². The highest BCUT2D eigenvalue weighted by Gasteiger charge is 2.26. The molecule has 0 spiro atoms. The van der Waals surface area contributed by atoms with Crippen LogP contribution in [0.25, 0.3) is 0 Å². The molecule has 0 rings (SSSR count). The fraction of sp³-hybridized carbons (Fsp3) is 0.667. The minimum absolute atomic E-state index is 0.674. The van der Waals surface area contributed by atoms with E-state index in [0.29, 0.717) is 0 Å². The third kappa shape index (κ3) is 2.22. The summed E-state index contributed by atoms with van der Waals surface area (Å²) < 4.78 is 15.1. The van der Waals surface area contributed by atoms with Gasteiger partial charge in [-0.05, 0) is 0 Å². The Balaban J connectivity index is 4.00. The second-order valence-electron chi connectivity index (χ2n) is 1.79.